The van der Waals surface area contributed by atoms with Gasteiger partial charge in [-0.15, -0.1) is 0 Å². The predicted molar refractivity (Wildman–Crippen MR) is 201 cm³/mol. The quantitative estimate of drug-likeness (QED) is 0.180. The lowest BCUT2D eigenvalue weighted by molar-refractivity contribution is 1.07. The van der Waals surface area contributed by atoms with Crippen molar-refractivity contribution in [2.45, 2.75) is 0 Å². The van der Waals surface area contributed by atoms with Crippen LogP contribution in [0.3, 0.4) is 0 Å². The molecule has 0 aliphatic rings. The van der Waals surface area contributed by atoms with Crippen molar-refractivity contribution in [1.29, 1.82) is 0 Å². The fraction of sp³-hybridized carbons (Fsp3) is 0. The van der Waals surface area contributed by atoms with Gasteiger partial charge in [-0.2, -0.15) is 0 Å². The SMILES string of the molecule is c1ccc(-c2nc(-c3ccccc3)nc(-c3cccc(-c4ccc5cc(-c6ccc7nc(-c8ccccn8)ccc7c6)ccc5n4)c3)n2)cc1. The number of hydrogen-bond donors (Lipinski definition) is 0. The first-order valence-electron chi connectivity index (χ1n) is 16.4. The summed E-state index contributed by atoms with van der Waals surface area (Å²) >= 11 is 0. The van der Waals surface area contributed by atoms with E-state index in [-0.39, 0.29) is 0 Å². The van der Waals surface area contributed by atoms with E-state index < -0.39 is 0 Å². The van der Waals surface area contributed by atoms with Crippen LogP contribution < -0.4 is 0 Å². The molecule has 9 rings (SSSR count). The van der Waals surface area contributed by atoms with E-state index in [1.807, 2.05) is 97.1 Å². The lowest BCUT2D eigenvalue weighted by atomic mass is 10.0. The van der Waals surface area contributed by atoms with Crippen LogP contribution in [0.5, 0.6) is 0 Å². The molecule has 50 heavy (non-hydrogen) atoms. The average Bonchev–Trinajstić information content (AvgIpc) is 3.21. The maximum absolute atomic E-state index is 5.06. The van der Waals surface area contributed by atoms with E-state index >= 15 is 0 Å². The standard InChI is InChI=1S/C44H28N6/c1-3-10-29(11-4-1)42-48-43(30-12-5-2-6-13-30)50-44(49-42)36-15-9-14-33(28-36)37-23-19-34-26-31(17-21-38(34)46-37)32-18-22-39-35(27-32)20-24-41(47-39)40-16-7-8-25-45-40/h1-28H. The maximum Gasteiger partial charge on any atom is 0.164 e. The van der Waals surface area contributed by atoms with Gasteiger partial charge in [0, 0.05) is 39.2 Å². The molecule has 0 N–H and O–H groups in total. The van der Waals surface area contributed by atoms with Crippen LogP contribution in [0.2, 0.25) is 0 Å². The van der Waals surface area contributed by atoms with Gasteiger partial charge in [-0.05, 0) is 65.7 Å². The topological polar surface area (TPSA) is 77.3 Å². The fourth-order valence-electron chi connectivity index (χ4n) is 6.18. The zero-order valence-electron chi connectivity index (χ0n) is 26.8. The second-order valence-corrected chi connectivity index (χ2v) is 12.0. The lowest BCUT2D eigenvalue weighted by Crippen LogP contribution is -2.00. The van der Waals surface area contributed by atoms with Crippen molar-refractivity contribution < 1.29 is 0 Å². The summed E-state index contributed by atoms with van der Waals surface area (Å²) in [6.45, 7) is 0. The Morgan fingerprint density at radius 3 is 1.40 bits per heavy atom. The molecule has 0 bridgehead atoms. The summed E-state index contributed by atoms with van der Waals surface area (Å²) in [6.07, 6.45) is 1.79. The van der Waals surface area contributed by atoms with Crippen molar-refractivity contribution >= 4 is 21.8 Å². The summed E-state index contributed by atoms with van der Waals surface area (Å²) in [5.41, 5.74) is 10.5. The molecule has 0 aliphatic heterocycles. The zero-order valence-corrected chi connectivity index (χ0v) is 26.8. The molecule has 6 heteroatoms. The molecule has 0 unspecified atom stereocenters. The molecule has 0 amide bonds. The summed E-state index contributed by atoms with van der Waals surface area (Å²) in [7, 11) is 0. The van der Waals surface area contributed by atoms with Crippen LogP contribution in [0.15, 0.2) is 170 Å². The van der Waals surface area contributed by atoms with Crippen LogP contribution in [0.25, 0.3) is 89.7 Å². The molecule has 234 valence electrons. The summed E-state index contributed by atoms with van der Waals surface area (Å²) in [6, 6.07) is 55.3. The van der Waals surface area contributed by atoms with Crippen molar-refractivity contribution in [3.05, 3.63) is 170 Å². The molecule has 0 radical (unpaired) electrons. The monoisotopic (exact) mass is 640 g/mol. The minimum Gasteiger partial charge on any atom is -0.255 e. The first-order chi connectivity index (χ1) is 24.7. The number of fused-ring (bicyclic) bond motifs is 2. The Kier molecular flexibility index (Phi) is 7.37. The van der Waals surface area contributed by atoms with Crippen molar-refractivity contribution in [3.63, 3.8) is 0 Å². The minimum atomic E-state index is 0.614. The van der Waals surface area contributed by atoms with Gasteiger partial charge in [0.25, 0.3) is 0 Å². The van der Waals surface area contributed by atoms with E-state index in [2.05, 4.69) is 71.7 Å². The number of hydrogen-bond acceptors (Lipinski definition) is 6. The van der Waals surface area contributed by atoms with E-state index in [1.54, 1.807) is 6.20 Å². The smallest absolute Gasteiger partial charge is 0.164 e. The van der Waals surface area contributed by atoms with Crippen molar-refractivity contribution in [3.8, 4) is 67.9 Å². The first kappa shape index (κ1) is 29.2. The molecule has 0 saturated heterocycles. The normalized spacial score (nSPS) is 11.2. The highest BCUT2D eigenvalue weighted by atomic mass is 15.0. The fourth-order valence-corrected chi connectivity index (χ4v) is 6.18. The number of benzene rings is 5. The number of nitrogens with zero attached hydrogens (tertiary/aromatic N) is 6. The van der Waals surface area contributed by atoms with Gasteiger partial charge in [-0.1, -0.05) is 109 Å². The number of aromatic nitrogens is 6. The molecule has 4 heterocycles. The highest BCUT2D eigenvalue weighted by Crippen LogP contribution is 2.31. The van der Waals surface area contributed by atoms with Crippen LogP contribution in [0, 0.1) is 0 Å². The second-order valence-electron chi connectivity index (χ2n) is 12.0. The van der Waals surface area contributed by atoms with Gasteiger partial charge in [0.15, 0.2) is 17.5 Å². The summed E-state index contributed by atoms with van der Waals surface area (Å²) in [5, 5.41) is 2.16. The summed E-state index contributed by atoms with van der Waals surface area (Å²) < 4.78 is 0. The predicted octanol–water partition coefficient (Wildman–Crippen LogP) is 10.4. The Morgan fingerprint density at radius 2 is 0.800 bits per heavy atom. The largest absolute Gasteiger partial charge is 0.255 e. The van der Waals surface area contributed by atoms with Crippen LogP contribution in [0.4, 0.5) is 0 Å². The van der Waals surface area contributed by atoms with Gasteiger partial charge in [-0.3, -0.25) is 4.98 Å². The van der Waals surface area contributed by atoms with E-state index in [9.17, 15) is 0 Å². The number of rotatable bonds is 6. The van der Waals surface area contributed by atoms with Crippen molar-refractivity contribution in [2.75, 3.05) is 0 Å². The van der Waals surface area contributed by atoms with E-state index in [1.165, 1.54) is 0 Å². The van der Waals surface area contributed by atoms with Crippen LogP contribution in [-0.2, 0) is 0 Å². The maximum atomic E-state index is 5.06. The molecule has 5 aromatic carbocycles. The molecule has 6 nitrogen and oxygen atoms in total. The molecule has 0 fully saturated rings. The molecule has 0 saturated carbocycles. The third-order valence-electron chi connectivity index (χ3n) is 8.75. The van der Waals surface area contributed by atoms with E-state index in [0.717, 1.165) is 72.3 Å². The molecular formula is C44H28N6. The Labute approximate surface area is 288 Å². The van der Waals surface area contributed by atoms with Gasteiger partial charge in [0.05, 0.1) is 28.1 Å². The highest BCUT2D eigenvalue weighted by molar-refractivity contribution is 5.90. The Hall–Kier alpha value is -6.92. The molecule has 9 aromatic rings. The van der Waals surface area contributed by atoms with Gasteiger partial charge in [0.1, 0.15) is 0 Å². The second kappa shape index (κ2) is 12.6. The lowest BCUT2D eigenvalue weighted by Gasteiger charge is -2.10. The van der Waals surface area contributed by atoms with Gasteiger partial charge in [0.2, 0.25) is 0 Å². The van der Waals surface area contributed by atoms with Crippen molar-refractivity contribution in [1.82, 2.24) is 29.9 Å². The minimum absolute atomic E-state index is 0.614. The molecule has 0 spiro atoms. The third kappa shape index (κ3) is 5.76. The summed E-state index contributed by atoms with van der Waals surface area (Å²) in [5.74, 6) is 1.89. The van der Waals surface area contributed by atoms with E-state index in [0.29, 0.717) is 17.5 Å². The van der Waals surface area contributed by atoms with Gasteiger partial charge in [-0.25, -0.2) is 24.9 Å². The van der Waals surface area contributed by atoms with Crippen molar-refractivity contribution in [2.24, 2.45) is 0 Å². The molecule has 0 atom stereocenters. The zero-order chi connectivity index (χ0) is 33.3. The molecule has 4 aromatic heterocycles. The molecule has 0 aliphatic carbocycles. The van der Waals surface area contributed by atoms with Gasteiger partial charge < -0.3 is 0 Å². The van der Waals surface area contributed by atoms with Crippen LogP contribution in [-0.4, -0.2) is 29.9 Å². The summed E-state index contributed by atoms with van der Waals surface area (Å²) in [4.78, 5) is 29.0. The first-order valence-corrected chi connectivity index (χ1v) is 16.4. The average molecular weight is 641 g/mol. The Bertz CT molecular complexity index is 2580. The van der Waals surface area contributed by atoms with Crippen LogP contribution in [0.1, 0.15) is 0 Å². The highest BCUT2D eigenvalue weighted by Gasteiger charge is 2.14. The van der Waals surface area contributed by atoms with Gasteiger partial charge >= 0.3 is 0 Å². The third-order valence-corrected chi connectivity index (χ3v) is 8.75. The Morgan fingerprint density at radius 1 is 0.280 bits per heavy atom. The van der Waals surface area contributed by atoms with E-state index in [4.69, 9.17) is 24.9 Å². The Balaban J connectivity index is 1.03. The molecular weight excluding hydrogens is 613 g/mol. The number of pyridine rings is 3. The van der Waals surface area contributed by atoms with Crippen LogP contribution >= 0.6 is 0 Å².